The van der Waals surface area contributed by atoms with Crippen LogP contribution in [-0.2, 0) is 4.79 Å². The van der Waals surface area contributed by atoms with E-state index >= 15 is 0 Å². The van der Waals surface area contributed by atoms with Crippen LogP contribution in [0.5, 0.6) is 0 Å². The molecule has 1 aromatic heterocycles. The van der Waals surface area contributed by atoms with Crippen molar-refractivity contribution in [3.8, 4) is 0 Å². The van der Waals surface area contributed by atoms with Crippen LogP contribution in [0.15, 0.2) is 48.8 Å². The Morgan fingerprint density at radius 3 is 2.27 bits per heavy atom. The lowest BCUT2D eigenvalue weighted by atomic mass is 9.95. The molecule has 22 heavy (non-hydrogen) atoms. The number of nitrogens with one attached hydrogen (secondary N) is 1. The topological polar surface area (TPSA) is 112 Å². The summed E-state index contributed by atoms with van der Waals surface area (Å²) in [6, 6.07) is 8.52. The lowest BCUT2D eigenvalue weighted by Gasteiger charge is -2.28. The Bertz CT molecular complexity index is 659. The first kappa shape index (κ1) is 15.6. The molecule has 0 saturated heterocycles. The van der Waals surface area contributed by atoms with Gasteiger partial charge in [-0.1, -0.05) is 18.2 Å². The maximum atomic E-state index is 12.2. The molecular weight excluding hydrogens is 286 g/mol. The number of carbonyl (C=O) groups is 2. The molecule has 0 aliphatic heterocycles. The number of carboxylic acids is 1. The second-order valence-corrected chi connectivity index (χ2v) is 4.83. The standard InChI is InChI=1S/C15H15N3O4/c1-15(22,14(20)21)11(12-16-8-5-9-17-12)18-13(19)10-6-3-2-4-7-10/h2-9,11,22H,1H3,(H,18,19)(H,20,21)/t11-,15+/m0/s1. The van der Waals surface area contributed by atoms with Crippen molar-refractivity contribution >= 4 is 11.9 Å². The van der Waals surface area contributed by atoms with Crippen LogP contribution in [0.3, 0.4) is 0 Å². The van der Waals surface area contributed by atoms with E-state index in [-0.39, 0.29) is 5.82 Å². The molecule has 0 aliphatic rings. The number of carbonyl (C=O) groups excluding carboxylic acids is 1. The average molecular weight is 301 g/mol. The van der Waals surface area contributed by atoms with E-state index in [2.05, 4.69) is 15.3 Å². The molecule has 2 rings (SSSR count). The molecule has 114 valence electrons. The van der Waals surface area contributed by atoms with Gasteiger partial charge in [-0.2, -0.15) is 0 Å². The molecule has 0 aliphatic carbocycles. The number of hydrogen-bond donors (Lipinski definition) is 3. The molecule has 2 aromatic rings. The van der Waals surface area contributed by atoms with Crippen LogP contribution in [0.4, 0.5) is 0 Å². The summed E-state index contributed by atoms with van der Waals surface area (Å²) >= 11 is 0. The molecule has 0 saturated carbocycles. The molecule has 1 heterocycles. The minimum Gasteiger partial charge on any atom is -0.479 e. The number of amides is 1. The van der Waals surface area contributed by atoms with Crippen molar-refractivity contribution in [2.24, 2.45) is 0 Å². The van der Waals surface area contributed by atoms with Crippen molar-refractivity contribution in [2.45, 2.75) is 18.6 Å². The van der Waals surface area contributed by atoms with Crippen molar-refractivity contribution in [1.29, 1.82) is 0 Å². The second kappa shape index (κ2) is 6.31. The molecule has 0 spiro atoms. The highest BCUT2D eigenvalue weighted by molar-refractivity contribution is 5.95. The lowest BCUT2D eigenvalue weighted by Crippen LogP contribution is -2.50. The monoisotopic (exact) mass is 301 g/mol. The van der Waals surface area contributed by atoms with Gasteiger partial charge in [0.1, 0.15) is 6.04 Å². The Hall–Kier alpha value is -2.80. The third-order valence-corrected chi connectivity index (χ3v) is 3.15. The highest BCUT2D eigenvalue weighted by Crippen LogP contribution is 2.24. The first-order chi connectivity index (χ1) is 10.4. The van der Waals surface area contributed by atoms with Crippen molar-refractivity contribution in [3.63, 3.8) is 0 Å². The van der Waals surface area contributed by atoms with Gasteiger partial charge in [0, 0.05) is 18.0 Å². The summed E-state index contributed by atoms with van der Waals surface area (Å²) in [6.07, 6.45) is 2.81. The molecule has 1 amide bonds. The van der Waals surface area contributed by atoms with Gasteiger partial charge in [-0.15, -0.1) is 0 Å². The smallest absolute Gasteiger partial charge is 0.338 e. The van der Waals surface area contributed by atoms with E-state index in [9.17, 15) is 19.8 Å². The van der Waals surface area contributed by atoms with Crippen molar-refractivity contribution in [2.75, 3.05) is 0 Å². The summed E-state index contributed by atoms with van der Waals surface area (Å²) < 4.78 is 0. The van der Waals surface area contributed by atoms with Gasteiger partial charge in [-0.3, -0.25) is 4.79 Å². The van der Waals surface area contributed by atoms with Gasteiger partial charge in [-0.25, -0.2) is 14.8 Å². The number of nitrogens with zero attached hydrogens (tertiary/aromatic N) is 2. The van der Waals surface area contributed by atoms with Crippen LogP contribution in [-0.4, -0.2) is 37.7 Å². The van der Waals surface area contributed by atoms with Crippen molar-refractivity contribution in [3.05, 3.63) is 60.2 Å². The zero-order chi connectivity index (χ0) is 16.2. The highest BCUT2D eigenvalue weighted by atomic mass is 16.4. The largest absolute Gasteiger partial charge is 0.479 e. The summed E-state index contributed by atoms with van der Waals surface area (Å²) in [7, 11) is 0. The van der Waals surface area contributed by atoms with Crippen LogP contribution < -0.4 is 5.32 Å². The van der Waals surface area contributed by atoms with Gasteiger partial charge in [0.05, 0.1) is 0 Å². The van der Waals surface area contributed by atoms with E-state index < -0.39 is 23.5 Å². The number of hydrogen-bond acceptors (Lipinski definition) is 5. The summed E-state index contributed by atoms with van der Waals surface area (Å²) in [6.45, 7) is 1.08. The van der Waals surface area contributed by atoms with Gasteiger partial charge < -0.3 is 15.5 Å². The second-order valence-electron chi connectivity index (χ2n) is 4.83. The number of aromatic nitrogens is 2. The number of aliphatic hydroxyl groups is 1. The number of rotatable bonds is 5. The number of aliphatic carboxylic acids is 1. The third kappa shape index (κ3) is 3.26. The van der Waals surface area contributed by atoms with Gasteiger partial charge in [0.15, 0.2) is 11.4 Å². The fraction of sp³-hybridized carbons (Fsp3) is 0.200. The molecule has 7 heteroatoms. The van der Waals surface area contributed by atoms with E-state index in [1.807, 2.05) is 0 Å². The maximum absolute atomic E-state index is 12.2. The van der Waals surface area contributed by atoms with Gasteiger partial charge >= 0.3 is 5.97 Å². The SMILES string of the molecule is C[C@](O)(C(=O)O)[C@@H](NC(=O)c1ccccc1)c1ncccn1. The molecule has 0 fully saturated rings. The first-order valence-electron chi connectivity index (χ1n) is 6.51. The third-order valence-electron chi connectivity index (χ3n) is 3.15. The molecule has 2 atom stereocenters. The minimum atomic E-state index is -2.26. The van der Waals surface area contributed by atoms with Crippen LogP contribution in [0.2, 0.25) is 0 Å². The van der Waals surface area contributed by atoms with E-state index in [1.165, 1.54) is 12.4 Å². The fourth-order valence-electron chi connectivity index (χ4n) is 1.84. The van der Waals surface area contributed by atoms with Crippen LogP contribution in [0.1, 0.15) is 29.1 Å². The predicted octanol–water partition coefficient (Wildman–Crippen LogP) is 0.783. The normalized spacial score (nSPS) is 14.6. The molecule has 3 N–H and O–H groups in total. The van der Waals surface area contributed by atoms with Gasteiger partial charge in [0.2, 0.25) is 0 Å². The van der Waals surface area contributed by atoms with Crippen molar-refractivity contribution < 1.29 is 19.8 Å². The molecule has 7 nitrogen and oxygen atoms in total. The predicted molar refractivity (Wildman–Crippen MR) is 76.9 cm³/mol. The fourth-order valence-corrected chi connectivity index (χ4v) is 1.84. The molecule has 1 aromatic carbocycles. The number of carboxylic acid groups (broad SMARTS) is 1. The molecule has 0 bridgehead atoms. The van der Waals surface area contributed by atoms with E-state index in [1.54, 1.807) is 36.4 Å². The van der Waals surface area contributed by atoms with Gasteiger partial charge in [0.25, 0.3) is 5.91 Å². The van der Waals surface area contributed by atoms with Gasteiger partial charge in [-0.05, 0) is 25.1 Å². The Morgan fingerprint density at radius 1 is 1.14 bits per heavy atom. The Labute approximate surface area is 126 Å². The van der Waals surface area contributed by atoms with E-state index in [0.29, 0.717) is 5.56 Å². The molecular formula is C15H15N3O4. The van der Waals surface area contributed by atoms with E-state index in [0.717, 1.165) is 6.92 Å². The van der Waals surface area contributed by atoms with Crippen molar-refractivity contribution in [1.82, 2.24) is 15.3 Å². The average Bonchev–Trinajstić information content (AvgIpc) is 2.53. The number of benzene rings is 1. The summed E-state index contributed by atoms with van der Waals surface area (Å²) in [4.78, 5) is 31.4. The zero-order valence-corrected chi connectivity index (χ0v) is 11.8. The summed E-state index contributed by atoms with van der Waals surface area (Å²) in [5, 5.41) is 21.9. The van der Waals surface area contributed by atoms with E-state index in [4.69, 9.17) is 0 Å². The quantitative estimate of drug-likeness (QED) is 0.752. The van der Waals surface area contributed by atoms with Crippen LogP contribution >= 0.6 is 0 Å². The van der Waals surface area contributed by atoms with Crippen LogP contribution in [0, 0.1) is 0 Å². The highest BCUT2D eigenvalue weighted by Gasteiger charge is 2.43. The van der Waals surface area contributed by atoms with Crippen LogP contribution in [0.25, 0.3) is 0 Å². The Kier molecular flexibility index (Phi) is 4.47. The minimum absolute atomic E-state index is 0.0131. The zero-order valence-electron chi connectivity index (χ0n) is 11.8. The Morgan fingerprint density at radius 2 is 1.73 bits per heavy atom. The maximum Gasteiger partial charge on any atom is 0.338 e. The summed E-state index contributed by atoms with van der Waals surface area (Å²) in [5.74, 6) is -2.00. The first-order valence-corrected chi connectivity index (χ1v) is 6.51. The Balaban J connectivity index is 2.34. The molecule has 0 unspecified atom stereocenters. The molecule has 0 radical (unpaired) electrons. The summed E-state index contributed by atoms with van der Waals surface area (Å²) in [5.41, 5.74) is -1.92. The lowest BCUT2D eigenvalue weighted by molar-refractivity contribution is -0.159.